The van der Waals surface area contributed by atoms with Crippen molar-refractivity contribution in [2.45, 2.75) is 39.3 Å². The third-order valence-electron chi connectivity index (χ3n) is 6.63. The zero-order chi connectivity index (χ0) is 27.8. The summed E-state index contributed by atoms with van der Waals surface area (Å²) in [7, 11) is 1.55. The summed E-state index contributed by atoms with van der Waals surface area (Å²) in [6, 6.07) is 14.0. The molecule has 1 aliphatic rings. The highest BCUT2D eigenvalue weighted by atomic mass is 16.5. The molecule has 0 radical (unpaired) electrons. The van der Waals surface area contributed by atoms with E-state index in [0.717, 1.165) is 12.0 Å². The number of imidazole rings is 1. The Morgan fingerprint density at radius 1 is 1.13 bits per heavy atom. The highest BCUT2D eigenvalue weighted by Gasteiger charge is 2.42. The van der Waals surface area contributed by atoms with Crippen LogP contribution in [0.4, 0.5) is 0 Å². The van der Waals surface area contributed by atoms with Gasteiger partial charge in [-0.3, -0.25) is 9.59 Å². The molecule has 0 saturated heterocycles. The number of aromatic nitrogens is 2. The number of benzene rings is 2. The minimum atomic E-state index is -0.771. The van der Waals surface area contributed by atoms with Crippen LogP contribution in [-0.4, -0.2) is 51.5 Å². The number of hydrogen-bond acceptors (Lipinski definition) is 6. The number of allylic oxidation sites excluding steroid dienone is 1. The quantitative estimate of drug-likeness (QED) is 0.299. The van der Waals surface area contributed by atoms with E-state index in [0.29, 0.717) is 49.1 Å². The molecule has 1 unspecified atom stereocenters. The van der Waals surface area contributed by atoms with Gasteiger partial charge in [-0.25, -0.2) is 4.98 Å². The molecule has 0 spiro atoms. The van der Waals surface area contributed by atoms with Gasteiger partial charge < -0.3 is 24.0 Å². The van der Waals surface area contributed by atoms with E-state index in [4.69, 9.17) is 9.47 Å². The van der Waals surface area contributed by atoms with Crippen molar-refractivity contribution in [1.29, 1.82) is 0 Å². The summed E-state index contributed by atoms with van der Waals surface area (Å²) in [6.07, 6.45) is 9.85. The molecule has 0 saturated carbocycles. The number of rotatable bonds is 13. The first-order valence-corrected chi connectivity index (χ1v) is 13.2. The second-order valence-electron chi connectivity index (χ2n) is 9.87. The maximum absolute atomic E-state index is 13.4. The summed E-state index contributed by atoms with van der Waals surface area (Å²) < 4.78 is 13.5. The molecule has 8 heteroatoms. The first kappa shape index (κ1) is 27.7. The van der Waals surface area contributed by atoms with Gasteiger partial charge in [0.2, 0.25) is 0 Å². The molecule has 1 atom stereocenters. The van der Waals surface area contributed by atoms with Crippen LogP contribution in [0.15, 0.2) is 84.7 Å². The van der Waals surface area contributed by atoms with E-state index in [9.17, 15) is 14.7 Å². The van der Waals surface area contributed by atoms with Gasteiger partial charge in [0.1, 0.15) is 0 Å². The van der Waals surface area contributed by atoms with Crippen LogP contribution in [0.5, 0.6) is 11.5 Å². The molecule has 39 heavy (non-hydrogen) atoms. The summed E-state index contributed by atoms with van der Waals surface area (Å²) in [5.41, 5.74) is 1.54. The topological polar surface area (TPSA) is 93.9 Å². The van der Waals surface area contributed by atoms with Crippen LogP contribution >= 0.6 is 0 Å². The number of aryl methyl sites for hydroxylation is 1. The molecule has 1 aliphatic heterocycles. The molecule has 1 amide bonds. The molecule has 0 fully saturated rings. The third-order valence-corrected chi connectivity index (χ3v) is 6.63. The van der Waals surface area contributed by atoms with Crippen molar-refractivity contribution < 1.29 is 24.2 Å². The molecule has 2 aromatic carbocycles. The molecule has 1 N–H and O–H groups in total. The van der Waals surface area contributed by atoms with Crippen LogP contribution in [0.1, 0.15) is 43.9 Å². The molecule has 0 bridgehead atoms. The van der Waals surface area contributed by atoms with Crippen molar-refractivity contribution in [1.82, 2.24) is 14.5 Å². The van der Waals surface area contributed by atoms with E-state index in [1.807, 2.05) is 47.2 Å². The fourth-order valence-electron chi connectivity index (χ4n) is 4.53. The smallest absolute Gasteiger partial charge is 0.290 e. The number of hydrogen-bond donors (Lipinski definition) is 1. The van der Waals surface area contributed by atoms with E-state index >= 15 is 0 Å². The zero-order valence-corrected chi connectivity index (χ0v) is 22.6. The van der Waals surface area contributed by atoms with Crippen LogP contribution in [0, 0.1) is 5.92 Å². The number of aliphatic hydroxyl groups excluding tert-OH is 1. The number of carbonyl (C=O) groups is 2. The Hall–Kier alpha value is -4.33. The van der Waals surface area contributed by atoms with Crippen LogP contribution in [0.2, 0.25) is 0 Å². The predicted octanol–water partition coefficient (Wildman–Crippen LogP) is 5.38. The Bertz CT molecular complexity index is 1330. The van der Waals surface area contributed by atoms with Gasteiger partial charge in [-0.1, -0.05) is 56.3 Å². The molecule has 2 heterocycles. The molecule has 3 aromatic rings. The second-order valence-corrected chi connectivity index (χ2v) is 9.87. The van der Waals surface area contributed by atoms with E-state index in [1.165, 1.54) is 6.08 Å². The third kappa shape index (κ3) is 6.76. The first-order chi connectivity index (χ1) is 18.9. The molecule has 4 rings (SSSR count). The standard InChI is InChI=1S/C31H35N3O5/c1-22(2)14-19-39-26-13-11-24(20-27(26)38-3)29-28(25(35)12-10-23-8-5-4-6-9-23)30(36)31(37)34(29)17-7-16-33-18-15-32-21-33/h4-6,8-13,15,18,20-22,29,36H,7,14,16-17,19H2,1-3H3. The fraction of sp³-hybridized carbons (Fsp3) is 0.323. The van der Waals surface area contributed by atoms with Gasteiger partial charge in [0.15, 0.2) is 23.0 Å². The van der Waals surface area contributed by atoms with E-state index in [1.54, 1.807) is 42.7 Å². The van der Waals surface area contributed by atoms with Crippen LogP contribution in [0.3, 0.4) is 0 Å². The number of ketones is 1. The number of methoxy groups -OCH3 is 1. The van der Waals surface area contributed by atoms with Crippen molar-refractivity contribution in [3.8, 4) is 11.5 Å². The van der Waals surface area contributed by atoms with Gasteiger partial charge in [-0.15, -0.1) is 0 Å². The largest absolute Gasteiger partial charge is 0.503 e. The van der Waals surface area contributed by atoms with Gasteiger partial charge >= 0.3 is 0 Å². The average Bonchev–Trinajstić information content (AvgIpc) is 3.54. The molecule has 204 valence electrons. The monoisotopic (exact) mass is 529 g/mol. The minimum Gasteiger partial charge on any atom is -0.503 e. The highest BCUT2D eigenvalue weighted by Crippen LogP contribution is 2.41. The maximum atomic E-state index is 13.4. The lowest BCUT2D eigenvalue weighted by atomic mass is 9.95. The van der Waals surface area contributed by atoms with Gasteiger partial charge in [0.05, 0.1) is 31.7 Å². The Kier molecular flexibility index (Phi) is 9.20. The Morgan fingerprint density at radius 3 is 2.62 bits per heavy atom. The van der Waals surface area contributed by atoms with Gasteiger partial charge in [-0.05, 0) is 48.1 Å². The van der Waals surface area contributed by atoms with Crippen LogP contribution in [0.25, 0.3) is 6.08 Å². The number of carbonyl (C=O) groups excluding carboxylic acids is 2. The zero-order valence-electron chi connectivity index (χ0n) is 22.6. The molecule has 1 aromatic heterocycles. The summed E-state index contributed by atoms with van der Waals surface area (Å²) >= 11 is 0. The lowest BCUT2D eigenvalue weighted by Crippen LogP contribution is -2.32. The molecular weight excluding hydrogens is 494 g/mol. The first-order valence-electron chi connectivity index (χ1n) is 13.2. The summed E-state index contributed by atoms with van der Waals surface area (Å²) in [4.78, 5) is 32.3. The Balaban J connectivity index is 1.64. The van der Waals surface area contributed by atoms with Crippen LogP contribution < -0.4 is 9.47 Å². The van der Waals surface area contributed by atoms with Crippen LogP contribution in [-0.2, 0) is 16.1 Å². The van der Waals surface area contributed by atoms with Crippen molar-refractivity contribution >= 4 is 17.8 Å². The summed E-state index contributed by atoms with van der Waals surface area (Å²) in [5, 5.41) is 10.9. The Morgan fingerprint density at radius 2 is 1.92 bits per heavy atom. The Labute approximate surface area is 229 Å². The lowest BCUT2D eigenvalue weighted by molar-refractivity contribution is -0.129. The van der Waals surface area contributed by atoms with Crippen molar-refractivity contribution in [3.05, 3.63) is 95.8 Å². The molecule has 0 aliphatic carbocycles. The highest BCUT2D eigenvalue weighted by molar-refractivity contribution is 6.14. The van der Waals surface area contributed by atoms with Crippen molar-refractivity contribution in [3.63, 3.8) is 0 Å². The van der Waals surface area contributed by atoms with Crippen molar-refractivity contribution in [2.75, 3.05) is 20.3 Å². The predicted molar refractivity (Wildman–Crippen MR) is 149 cm³/mol. The molecule has 8 nitrogen and oxygen atoms in total. The summed E-state index contributed by atoms with van der Waals surface area (Å²) in [5.74, 6) is 0.0622. The minimum absolute atomic E-state index is 0.0466. The maximum Gasteiger partial charge on any atom is 0.290 e. The SMILES string of the molecule is COc1cc(C2C(C(=O)C=Cc3ccccc3)=C(O)C(=O)N2CCCn2ccnc2)ccc1OCCC(C)C. The van der Waals surface area contributed by atoms with Gasteiger partial charge in [0.25, 0.3) is 5.91 Å². The average molecular weight is 530 g/mol. The number of aliphatic hydroxyl groups is 1. The lowest BCUT2D eigenvalue weighted by Gasteiger charge is -2.27. The number of ether oxygens (including phenoxy) is 2. The van der Waals surface area contributed by atoms with Crippen molar-refractivity contribution in [2.24, 2.45) is 5.92 Å². The number of amides is 1. The van der Waals surface area contributed by atoms with E-state index in [-0.39, 0.29) is 5.57 Å². The van der Waals surface area contributed by atoms with Gasteiger partial charge in [0, 0.05) is 25.5 Å². The van der Waals surface area contributed by atoms with E-state index < -0.39 is 23.5 Å². The summed E-state index contributed by atoms with van der Waals surface area (Å²) in [6.45, 7) is 5.78. The second kappa shape index (κ2) is 13.0. The molecular formula is C31H35N3O5. The normalized spacial score (nSPS) is 15.5. The van der Waals surface area contributed by atoms with Gasteiger partial charge in [-0.2, -0.15) is 0 Å². The number of nitrogens with zero attached hydrogens (tertiary/aromatic N) is 3. The fourth-order valence-corrected chi connectivity index (χ4v) is 4.53. The van der Waals surface area contributed by atoms with E-state index in [2.05, 4.69) is 18.8 Å².